The fraction of sp³-hybridized carbons (Fsp3) is 0.571. The predicted octanol–water partition coefficient (Wildman–Crippen LogP) is 2.27. The molecule has 0 amide bonds. The second-order valence-corrected chi connectivity index (χ2v) is 4.95. The molecule has 0 radical (unpaired) electrons. The van der Waals surface area contributed by atoms with Gasteiger partial charge >= 0.3 is 0 Å². The molecule has 0 saturated heterocycles. The standard InChI is InChI=1S/C14H22N2O/c1-11(10-17-2)16(14-6-7-14)9-12-4-3-5-13(15)8-12/h3-5,8,11,14H,6-7,9-10,15H2,1-2H3. The summed E-state index contributed by atoms with van der Waals surface area (Å²) in [5, 5.41) is 0. The molecule has 2 rings (SSSR count). The monoisotopic (exact) mass is 234 g/mol. The molecule has 0 heterocycles. The summed E-state index contributed by atoms with van der Waals surface area (Å²) in [5.41, 5.74) is 7.95. The molecule has 1 aromatic rings. The zero-order chi connectivity index (χ0) is 12.3. The molecule has 1 aromatic carbocycles. The minimum absolute atomic E-state index is 0.467. The molecule has 0 aliphatic heterocycles. The number of hydrogen-bond donors (Lipinski definition) is 1. The number of hydrogen-bond acceptors (Lipinski definition) is 3. The van der Waals surface area contributed by atoms with Crippen LogP contribution in [0.2, 0.25) is 0 Å². The van der Waals surface area contributed by atoms with Gasteiger partial charge in [0.25, 0.3) is 0 Å². The Hall–Kier alpha value is -1.06. The fourth-order valence-electron chi connectivity index (χ4n) is 2.29. The van der Waals surface area contributed by atoms with Crippen molar-refractivity contribution < 1.29 is 4.74 Å². The quantitative estimate of drug-likeness (QED) is 0.767. The first-order valence-electron chi connectivity index (χ1n) is 6.30. The molecule has 1 aliphatic rings. The van der Waals surface area contributed by atoms with Crippen LogP contribution >= 0.6 is 0 Å². The molecule has 17 heavy (non-hydrogen) atoms. The van der Waals surface area contributed by atoms with E-state index in [1.807, 2.05) is 12.1 Å². The SMILES string of the molecule is COCC(C)N(Cc1cccc(N)c1)C1CC1. The van der Waals surface area contributed by atoms with Gasteiger partial charge in [0.2, 0.25) is 0 Å². The van der Waals surface area contributed by atoms with Gasteiger partial charge in [-0.05, 0) is 37.5 Å². The highest BCUT2D eigenvalue weighted by molar-refractivity contribution is 5.40. The normalized spacial score (nSPS) is 17.4. The van der Waals surface area contributed by atoms with Gasteiger partial charge in [0.1, 0.15) is 0 Å². The van der Waals surface area contributed by atoms with Crippen LogP contribution in [0.5, 0.6) is 0 Å². The minimum atomic E-state index is 0.467. The second kappa shape index (κ2) is 5.52. The summed E-state index contributed by atoms with van der Waals surface area (Å²) in [6, 6.07) is 9.37. The molecule has 1 aliphatic carbocycles. The van der Waals surface area contributed by atoms with Gasteiger partial charge in [-0.25, -0.2) is 0 Å². The van der Waals surface area contributed by atoms with Crippen molar-refractivity contribution in [2.24, 2.45) is 0 Å². The van der Waals surface area contributed by atoms with E-state index in [2.05, 4.69) is 24.0 Å². The fourth-order valence-corrected chi connectivity index (χ4v) is 2.29. The summed E-state index contributed by atoms with van der Waals surface area (Å²) in [7, 11) is 1.77. The van der Waals surface area contributed by atoms with Crippen LogP contribution < -0.4 is 5.73 Å². The predicted molar refractivity (Wildman–Crippen MR) is 70.8 cm³/mol. The number of nitrogens with two attached hydrogens (primary N) is 1. The van der Waals surface area contributed by atoms with E-state index >= 15 is 0 Å². The zero-order valence-corrected chi connectivity index (χ0v) is 10.7. The van der Waals surface area contributed by atoms with Crippen LogP contribution in [0.15, 0.2) is 24.3 Å². The van der Waals surface area contributed by atoms with Gasteiger partial charge in [-0.15, -0.1) is 0 Å². The van der Waals surface area contributed by atoms with E-state index in [1.165, 1.54) is 18.4 Å². The van der Waals surface area contributed by atoms with Crippen LogP contribution in [0.3, 0.4) is 0 Å². The van der Waals surface area contributed by atoms with E-state index in [4.69, 9.17) is 10.5 Å². The van der Waals surface area contributed by atoms with Crippen LogP contribution in [0.1, 0.15) is 25.3 Å². The highest BCUT2D eigenvalue weighted by Crippen LogP contribution is 2.30. The van der Waals surface area contributed by atoms with Crippen molar-refractivity contribution in [1.82, 2.24) is 4.90 Å². The smallest absolute Gasteiger partial charge is 0.0615 e. The van der Waals surface area contributed by atoms with Gasteiger partial charge in [0, 0.05) is 31.4 Å². The maximum absolute atomic E-state index is 5.82. The van der Waals surface area contributed by atoms with Crippen LogP contribution in [0.4, 0.5) is 5.69 Å². The molecule has 0 spiro atoms. The number of methoxy groups -OCH3 is 1. The van der Waals surface area contributed by atoms with E-state index < -0.39 is 0 Å². The molecule has 3 heteroatoms. The molecule has 3 nitrogen and oxygen atoms in total. The highest BCUT2D eigenvalue weighted by atomic mass is 16.5. The summed E-state index contributed by atoms with van der Waals surface area (Å²) in [6.07, 6.45) is 2.63. The first kappa shape index (κ1) is 12.4. The first-order chi connectivity index (χ1) is 8.20. The van der Waals surface area contributed by atoms with E-state index in [-0.39, 0.29) is 0 Å². The Morgan fingerprint density at radius 2 is 2.24 bits per heavy atom. The van der Waals surface area contributed by atoms with Gasteiger partial charge in [-0.3, -0.25) is 4.90 Å². The first-order valence-corrected chi connectivity index (χ1v) is 6.30. The van der Waals surface area contributed by atoms with Gasteiger partial charge in [-0.2, -0.15) is 0 Å². The van der Waals surface area contributed by atoms with Crippen LogP contribution in [0.25, 0.3) is 0 Å². The average Bonchev–Trinajstić information content (AvgIpc) is 3.10. The summed E-state index contributed by atoms with van der Waals surface area (Å²) in [4.78, 5) is 2.53. The van der Waals surface area contributed by atoms with Crippen molar-refractivity contribution in [2.75, 3.05) is 19.5 Å². The Morgan fingerprint density at radius 1 is 1.47 bits per heavy atom. The molecule has 94 valence electrons. The Kier molecular flexibility index (Phi) is 4.02. The second-order valence-electron chi connectivity index (χ2n) is 4.95. The maximum Gasteiger partial charge on any atom is 0.0615 e. The molecule has 1 unspecified atom stereocenters. The van der Waals surface area contributed by atoms with Gasteiger partial charge in [0.15, 0.2) is 0 Å². The summed E-state index contributed by atoms with van der Waals surface area (Å²) < 4.78 is 5.26. The molecule has 2 N–H and O–H groups in total. The largest absolute Gasteiger partial charge is 0.399 e. The number of nitrogens with zero attached hydrogens (tertiary/aromatic N) is 1. The average molecular weight is 234 g/mol. The van der Waals surface area contributed by atoms with Crippen molar-refractivity contribution in [2.45, 2.75) is 38.4 Å². The van der Waals surface area contributed by atoms with Crippen molar-refractivity contribution in [3.63, 3.8) is 0 Å². The Morgan fingerprint density at radius 3 is 2.82 bits per heavy atom. The van der Waals surface area contributed by atoms with E-state index in [1.54, 1.807) is 7.11 Å². The Labute approximate surface area is 104 Å². The molecule has 0 aromatic heterocycles. The number of rotatable bonds is 6. The van der Waals surface area contributed by atoms with Gasteiger partial charge < -0.3 is 10.5 Å². The Balaban J connectivity index is 2.02. The third kappa shape index (κ3) is 3.45. The number of nitrogen functional groups attached to an aromatic ring is 1. The van der Waals surface area contributed by atoms with Crippen molar-refractivity contribution >= 4 is 5.69 Å². The molecule has 1 atom stereocenters. The molecule has 1 fully saturated rings. The third-order valence-electron chi connectivity index (χ3n) is 3.31. The summed E-state index contributed by atoms with van der Waals surface area (Å²) in [5.74, 6) is 0. The van der Waals surface area contributed by atoms with Crippen LogP contribution in [0, 0.1) is 0 Å². The molecule has 1 saturated carbocycles. The minimum Gasteiger partial charge on any atom is -0.399 e. The van der Waals surface area contributed by atoms with E-state index in [0.717, 1.165) is 24.9 Å². The van der Waals surface area contributed by atoms with Crippen molar-refractivity contribution in [1.29, 1.82) is 0 Å². The van der Waals surface area contributed by atoms with Gasteiger partial charge in [0.05, 0.1) is 6.61 Å². The van der Waals surface area contributed by atoms with Crippen LogP contribution in [-0.2, 0) is 11.3 Å². The van der Waals surface area contributed by atoms with Gasteiger partial charge in [-0.1, -0.05) is 12.1 Å². The van der Waals surface area contributed by atoms with Crippen molar-refractivity contribution in [3.8, 4) is 0 Å². The lowest BCUT2D eigenvalue weighted by Gasteiger charge is -2.28. The summed E-state index contributed by atoms with van der Waals surface area (Å²) >= 11 is 0. The lowest BCUT2D eigenvalue weighted by Crippen LogP contribution is -2.37. The van der Waals surface area contributed by atoms with Crippen molar-refractivity contribution in [3.05, 3.63) is 29.8 Å². The number of benzene rings is 1. The molecular formula is C14H22N2O. The zero-order valence-electron chi connectivity index (χ0n) is 10.7. The van der Waals surface area contributed by atoms with Crippen LogP contribution in [-0.4, -0.2) is 30.7 Å². The maximum atomic E-state index is 5.82. The molecule has 0 bridgehead atoms. The summed E-state index contributed by atoms with van der Waals surface area (Å²) in [6.45, 7) is 3.99. The molecular weight excluding hydrogens is 212 g/mol. The number of anilines is 1. The lowest BCUT2D eigenvalue weighted by atomic mass is 10.1. The lowest BCUT2D eigenvalue weighted by molar-refractivity contribution is 0.0891. The number of ether oxygens (including phenoxy) is 1. The van der Waals surface area contributed by atoms with E-state index in [0.29, 0.717) is 6.04 Å². The third-order valence-corrected chi connectivity index (χ3v) is 3.31. The topological polar surface area (TPSA) is 38.5 Å². The highest BCUT2D eigenvalue weighted by Gasteiger charge is 2.31. The Bertz CT molecular complexity index is 363. The van der Waals surface area contributed by atoms with E-state index in [9.17, 15) is 0 Å².